The van der Waals surface area contributed by atoms with Gasteiger partial charge in [0.1, 0.15) is 0 Å². The number of hydrogen-bond acceptors (Lipinski definition) is 4. The summed E-state index contributed by atoms with van der Waals surface area (Å²) in [6, 6.07) is 0. The van der Waals surface area contributed by atoms with Crippen molar-refractivity contribution in [3.05, 3.63) is 0 Å². The highest BCUT2D eigenvalue weighted by Gasteiger charge is 2.16. The van der Waals surface area contributed by atoms with Crippen LogP contribution in [0.5, 0.6) is 0 Å². The maximum atomic E-state index is 11.6. The first-order chi connectivity index (χ1) is 7.55. The van der Waals surface area contributed by atoms with Crippen molar-refractivity contribution in [2.24, 2.45) is 0 Å². The van der Waals surface area contributed by atoms with Crippen LogP contribution in [-0.4, -0.2) is 57.8 Å². The monoisotopic (exact) mass is 250 g/mol. The van der Waals surface area contributed by atoms with E-state index in [1.807, 2.05) is 0 Å². The molecule has 0 saturated carbocycles. The Morgan fingerprint density at radius 1 is 1.38 bits per heavy atom. The van der Waals surface area contributed by atoms with Crippen LogP contribution in [0.25, 0.3) is 0 Å². The number of carbonyl (C=O) groups excluding carboxylic acids is 1. The Balaban J connectivity index is 2.24. The van der Waals surface area contributed by atoms with Crippen molar-refractivity contribution in [3.8, 4) is 0 Å². The van der Waals surface area contributed by atoms with Crippen molar-refractivity contribution in [1.82, 2.24) is 9.62 Å². The van der Waals surface area contributed by atoms with Crippen molar-refractivity contribution in [2.45, 2.75) is 13.3 Å². The van der Waals surface area contributed by atoms with E-state index in [1.54, 1.807) is 11.8 Å². The van der Waals surface area contributed by atoms with Gasteiger partial charge < -0.3 is 9.64 Å². The number of sulfonamides is 1. The summed E-state index contributed by atoms with van der Waals surface area (Å²) < 4.78 is 29.7. The van der Waals surface area contributed by atoms with E-state index in [0.717, 1.165) is 0 Å². The molecule has 0 bridgehead atoms. The van der Waals surface area contributed by atoms with Crippen LogP contribution in [0.15, 0.2) is 0 Å². The van der Waals surface area contributed by atoms with Crippen LogP contribution in [0, 0.1) is 0 Å². The highest BCUT2D eigenvalue weighted by molar-refractivity contribution is 7.89. The van der Waals surface area contributed by atoms with Crippen molar-refractivity contribution < 1.29 is 17.9 Å². The van der Waals surface area contributed by atoms with Crippen molar-refractivity contribution in [3.63, 3.8) is 0 Å². The predicted molar refractivity (Wildman–Crippen MR) is 59.5 cm³/mol. The summed E-state index contributed by atoms with van der Waals surface area (Å²) in [5, 5.41) is 0. The Bertz CT molecular complexity index is 322. The molecule has 1 fully saturated rings. The zero-order valence-corrected chi connectivity index (χ0v) is 10.3. The van der Waals surface area contributed by atoms with Gasteiger partial charge in [-0.1, -0.05) is 0 Å². The third kappa shape index (κ3) is 4.46. The molecule has 1 saturated heterocycles. The summed E-state index contributed by atoms with van der Waals surface area (Å²) in [4.78, 5) is 13.3. The molecule has 0 spiro atoms. The van der Waals surface area contributed by atoms with Gasteiger partial charge >= 0.3 is 0 Å². The molecule has 0 aliphatic carbocycles. The zero-order chi connectivity index (χ0) is 12.0. The van der Waals surface area contributed by atoms with Crippen LogP contribution in [-0.2, 0) is 19.6 Å². The number of ether oxygens (including phenoxy) is 1. The van der Waals surface area contributed by atoms with Gasteiger partial charge in [0.25, 0.3) is 0 Å². The fraction of sp³-hybridized carbons (Fsp3) is 0.889. The molecule has 1 heterocycles. The van der Waals surface area contributed by atoms with Gasteiger partial charge in [-0.25, -0.2) is 13.1 Å². The van der Waals surface area contributed by atoms with E-state index in [2.05, 4.69) is 4.72 Å². The first kappa shape index (κ1) is 13.4. The second kappa shape index (κ2) is 6.17. The summed E-state index contributed by atoms with van der Waals surface area (Å²) >= 11 is 0. The average Bonchev–Trinajstić information content (AvgIpc) is 2.30. The predicted octanol–water partition coefficient (Wildman–Crippen LogP) is -0.825. The maximum Gasteiger partial charge on any atom is 0.224 e. The van der Waals surface area contributed by atoms with Gasteiger partial charge in [0, 0.05) is 26.1 Å². The van der Waals surface area contributed by atoms with Crippen molar-refractivity contribution in [2.75, 3.05) is 38.6 Å². The Labute approximate surface area is 96.0 Å². The molecule has 0 aromatic carbocycles. The Morgan fingerprint density at radius 2 is 2.00 bits per heavy atom. The second-order valence-electron chi connectivity index (χ2n) is 3.54. The Kier molecular flexibility index (Phi) is 5.17. The van der Waals surface area contributed by atoms with Gasteiger partial charge in [-0.15, -0.1) is 0 Å². The standard InChI is InChI=1S/C9H18N2O4S/c1-2-16(13,14)10-4-3-9(12)11-5-7-15-8-6-11/h10H,2-8H2,1H3. The van der Waals surface area contributed by atoms with Crippen LogP contribution in [0.4, 0.5) is 0 Å². The number of morpholine rings is 1. The lowest BCUT2D eigenvalue weighted by atomic mass is 10.3. The van der Waals surface area contributed by atoms with Gasteiger partial charge in [0.2, 0.25) is 15.9 Å². The first-order valence-electron chi connectivity index (χ1n) is 5.38. The minimum Gasteiger partial charge on any atom is -0.378 e. The van der Waals surface area contributed by atoms with Gasteiger partial charge in [-0.3, -0.25) is 4.79 Å². The molecule has 1 N–H and O–H groups in total. The molecule has 1 amide bonds. The smallest absolute Gasteiger partial charge is 0.224 e. The normalized spacial score (nSPS) is 17.4. The summed E-state index contributed by atoms with van der Waals surface area (Å²) in [5.74, 6) is 0.0146. The van der Waals surface area contributed by atoms with Crippen LogP contribution in [0.2, 0.25) is 0 Å². The molecule has 1 aliphatic rings. The summed E-state index contributed by atoms with van der Waals surface area (Å²) in [7, 11) is -3.19. The summed E-state index contributed by atoms with van der Waals surface area (Å²) in [6.07, 6.45) is 0.208. The molecule has 0 radical (unpaired) electrons. The lowest BCUT2D eigenvalue weighted by Crippen LogP contribution is -2.42. The SMILES string of the molecule is CCS(=O)(=O)NCCC(=O)N1CCOCC1. The molecule has 7 heteroatoms. The van der Waals surface area contributed by atoms with Crippen LogP contribution < -0.4 is 4.72 Å². The maximum absolute atomic E-state index is 11.6. The summed E-state index contributed by atoms with van der Waals surface area (Å²) in [6.45, 7) is 4.05. The third-order valence-corrected chi connectivity index (χ3v) is 3.81. The van der Waals surface area contributed by atoms with Crippen molar-refractivity contribution >= 4 is 15.9 Å². The van der Waals surface area contributed by atoms with Gasteiger partial charge in [-0.05, 0) is 6.92 Å². The van der Waals surface area contributed by atoms with Crippen LogP contribution in [0.1, 0.15) is 13.3 Å². The minimum absolute atomic E-state index is 0.0258. The lowest BCUT2D eigenvalue weighted by Gasteiger charge is -2.26. The first-order valence-corrected chi connectivity index (χ1v) is 7.03. The van der Waals surface area contributed by atoms with Crippen LogP contribution >= 0.6 is 0 Å². The quantitative estimate of drug-likeness (QED) is 0.691. The summed E-state index contributed by atoms with van der Waals surface area (Å²) in [5.41, 5.74) is 0. The molecule has 0 aromatic rings. The molecular weight excluding hydrogens is 232 g/mol. The number of nitrogens with one attached hydrogen (secondary N) is 1. The van der Waals surface area contributed by atoms with Gasteiger partial charge in [-0.2, -0.15) is 0 Å². The topological polar surface area (TPSA) is 75.7 Å². The molecule has 1 aliphatic heterocycles. The minimum atomic E-state index is -3.19. The number of carbonyl (C=O) groups is 1. The fourth-order valence-electron chi connectivity index (χ4n) is 1.39. The molecule has 94 valence electrons. The van der Waals surface area contributed by atoms with E-state index in [4.69, 9.17) is 4.74 Å². The largest absolute Gasteiger partial charge is 0.378 e. The van der Waals surface area contributed by atoms with E-state index in [0.29, 0.717) is 26.3 Å². The van der Waals surface area contributed by atoms with E-state index < -0.39 is 10.0 Å². The fourth-order valence-corrected chi connectivity index (χ4v) is 2.00. The molecule has 0 atom stereocenters. The Hall–Kier alpha value is -0.660. The number of hydrogen-bond donors (Lipinski definition) is 1. The lowest BCUT2D eigenvalue weighted by molar-refractivity contribution is -0.135. The molecule has 0 unspecified atom stereocenters. The van der Waals surface area contributed by atoms with Crippen LogP contribution in [0.3, 0.4) is 0 Å². The van der Waals surface area contributed by atoms with E-state index in [1.165, 1.54) is 0 Å². The molecule has 0 aromatic heterocycles. The van der Waals surface area contributed by atoms with Crippen molar-refractivity contribution in [1.29, 1.82) is 0 Å². The molecule has 16 heavy (non-hydrogen) atoms. The highest BCUT2D eigenvalue weighted by atomic mass is 32.2. The zero-order valence-electron chi connectivity index (χ0n) is 9.44. The van der Waals surface area contributed by atoms with Gasteiger partial charge in [0.05, 0.1) is 19.0 Å². The number of nitrogens with zero attached hydrogens (tertiary/aromatic N) is 1. The van der Waals surface area contributed by atoms with E-state index in [9.17, 15) is 13.2 Å². The highest BCUT2D eigenvalue weighted by Crippen LogP contribution is 1.99. The second-order valence-corrected chi connectivity index (χ2v) is 5.64. The van der Waals surface area contributed by atoms with Gasteiger partial charge in [0.15, 0.2) is 0 Å². The Morgan fingerprint density at radius 3 is 2.56 bits per heavy atom. The van der Waals surface area contributed by atoms with E-state index in [-0.39, 0.29) is 24.6 Å². The molecule has 1 rings (SSSR count). The molecule has 6 nitrogen and oxygen atoms in total. The number of amides is 1. The average molecular weight is 250 g/mol. The third-order valence-electron chi connectivity index (χ3n) is 2.40. The van der Waals surface area contributed by atoms with E-state index >= 15 is 0 Å². The molecular formula is C9H18N2O4S. The number of rotatable bonds is 5.